The summed E-state index contributed by atoms with van der Waals surface area (Å²) in [5.41, 5.74) is 1.94. The van der Waals surface area contributed by atoms with E-state index >= 15 is 0 Å². The maximum absolute atomic E-state index is 12.5. The molecule has 126 valence electrons. The summed E-state index contributed by atoms with van der Waals surface area (Å²) in [5.74, 6) is 1.17. The lowest BCUT2D eigenvalue weighted by molar-refractivity contribution is 0.0949. The highest BCUT2D eigenvalue weighted by Gasteiger charge is 2.29. The van der Waals surface area contributed by atoms with Crippen molar-refractivity contribution >= 4 is 5.78 Å². The first kappa shape index (κ1) is 16.5. The molecule has 0 radical (unpaired) electrons. The predicted molar refractivity (Wildman–Crippen MR) is 93.7 cm³/mol. The van der Waals surface area contributed by atoms with Gasteiger partial charge in [0.2, 0.25) is 0 Å². The molecule has 1 fully saturated rings. The Bertz CT molecular complexity index is 679. The number of carbonyl (C=O) groups excluding carboxylic acids is 1. The molecule has 1 aliphatic rings. The number of ketones is 1. The number of hydrogen-bond acceptors (Lipinski definition) is 4. The minimum Gasteiger partial charge on any atom is -0.508 e. The Morgan fingerprint density at radius 3 is 2.50 bits per heavy atom. The molecule has 0 bridgehead atoms. The van der Waals surface area contributed by atoms with E-state index < -0.39 is 0 Å². The SMILES string of the molecule is COc1ccc(CCC2CCC(C(=O)c3ccc(O)cc3)N2)cc1. The molecule has 1 saturated heterocycles. The van der Waals surface area contributed by atoms with Gasteiger partial charge in [0.25, 0.3) is 0 Å². The fourth-order valence-corrected chi connectivity index (χ4v) is 3.21. The Morgan fingerprint density at radius 2 is 1.83 bits per heavy atom. The highest BCUT2D eigenvalue weighted by Crippen LogP contribution is 2.22. The van der Waals surface area contributed by atoms with Crippen molar-refractivity contribution in [1.82, 2.24) is 5.32 Å². The van der Waals surface area contributed by atoms with Gasteiger partial charge >= 0.3 is 0 Å². The van der Waals surface area contributed by atoms with Crippen molar-refractivity contribution in [3.63, 3.8) is 0 Å². The molecule has 0 saturated carbocycles. The molecule has 0 aromatic heterocycles. The summed E-state index contributed by atoms with van der Waals surface area (Å²) in [6.45, 7) is 0. The average molecular weight is 325 g/mol. The molecular weight excluding hydrogens is 302 g/mol. The van der Waals surface area contributed by atoms with Crippen LogP contribution in [0.1, 0.15) is 35.2 Å². The second-order valence-electron chi connectivity index (χ2n) is 6.29. The number of rotatable bonds is 6. The number of hydrogen-bond donors (Lipinski definition) is 2. The minimum absolute atomic E-state index is 0.113. The molecule has 0 aliphatic carbocycles. The third kappa shape index (κ3) is 3.95. The molecule has 1 heterocycles. The summed E-state index contributed by atoms with van der Waals surface area (Å²) in [5, 5.41) is 12.8. The normalized spacial score (nSPS) is 20.0. The van der Waals surface area contributed by atoms with Gasteiger partial charge in [-0.3, -0.25) is 4.79 Å². The molecule has 4 heteroatoms. The quantitative estimate of drug-likeness (QED) is 0.800. The zero-order chi connectivity index (χ0) is 16.9. The highest BCUT2D eigenvalue weighted by atomic mass is 16.5. The van der Waals surface area contributed by atoms with Crippen LogP contribution in [0.15, 0.2) is 48.5 Å². The summed E-state index contributed by atoms with van der Waals surface area (Å²) in [4.78, 5) is 12.5. The Kier molecular flexibility index (Phi) is 5.16. The largest absolute Gasteiger partial charge is 0.508 e. The first-order valence-corrected chi connectivity index (χ1v) is 8.38. The number of phenols is 1. The van der Waals surface area contributed by atoms with E-state index in [4.69, 9.17) is 4.74 Å². The van der Waals surface area contributed by atoms with Gasteiger partial charge in [0.1, 0.15) is 11.5 Å². The van der Waals surface area contributed by atoms with Gasteiger partial charge in [-0.15, -0.1) is 0 Å². The van der Waals surface area contributed by atoms with Crippen LogP contribution < -0.4 is 10.1 Å². The molecule has 0 spiro atoms. The van der Waals surface area contributed by atoms with Crippen LogP contribution in [0.3, 0.4) is 0 Å². The highest BCUT2D eigenvalue weighted by molar-refractivity contribution is 6.00. The standard InChI is InChI=1S/C20H23NO3/c1-24-18-11-3-14(4-12-18)2-7-16-8-13-19(21-16)20(23)15-5-9-17(22)10-6-15/h3-6,9-12,16,19,21-22H,2,7-8,13H2,1H3. The van der Waals surface area contributed by atoms with Crippen LogP contribution >= 0.6 is 0 Å². The van der Waals surface area contributed by atoms with E-state index in [1.165, 1.54) is 5.56 Å². The number of Topliss-reactive ketones (excluding diaryl/α,β-unsaturated/α-hetero) is 1. The number of aromatic hydroxyl groups is 1. The molecule has 4 nitrogen and oxygen atoms in total. The zero-order valence-electron chi connectivity index (χ0n) is 13.9. The van der Waals surface area contributed by atoms with E-state index in [1.807, 2.05) is 12.1 Å². The molecule has 2 atom stereocenters. The van der Waals surface area contributed by atoms with E-state index in [0.29, 0.717) is 11.6 Å². The maximum atomic E-state index is 12.5. The van der Waals surface area contributed by atoms with Crippen LogP contribution in [0, 0.1) is 0 Å². The van der Waals surface area contributed by atoms with Crippen molar-refractivity contribution in [2.75, 3.05) is 7.11 Å². The van der Waals surface area contributed by atoms with Gasteiger partial charge in [-0.25, -0.2) is 0 Å². The van der Waals surface area contributed by atoms with Gasteiger partial charge in [0.15, 0.2) is 5.78 Å². The molecule has 2 aromatic rings. The number of phenolic OH excluding ortho intramolecular Hbond substituents is 1. The summed E-state index contributed by atoms with van der Waals surface area (Å²) in [6, 6.07) is 14.9. The van der Waals surface area contributed by atoms with Gasteiger partial charge in [-0.05, 0) is 67.6 Å². The Morgan fingerprint density at radius 1 is 1.12 bits per heavy atom. The zero-order valence-corrected chi connectivity index (χ0v) is 13.9. The third-order valence-corrected chi connectivity index (χ3v) is 4.65. The molecule has 3 rings (SSSR count). The predicted octanol–water partition coefficient (Wildman–Crippen LogP) is 3.34. The van der Waals surface area contributed by atoms with Gasteiger partial charge in [0.05, 0.1) is 13.2 Å². The summed E-state index contributed by atoms with van der Waals surface area (Å²) in [7, 11) is 1.67. The second-order valence-corrected chi connectivity index (χ2v) is 6.29. The number of ether oxygens (including phenoxy) is 1. The molecule has 2 N–H and O–H groups in total. The molecule has 2 aromatic carbocycles. The lowest BCUT2D eigenvalue weighted by atomic mass is 10.0. The Labute approximate surface area is 142 Å². The smallest absolute Gasteiger partial charge is 0.179 e. The maximum Gasteiger partial charge on any atom is 0.179 e. The fraction of sp³-hybridized carbons (Fsp3) is 0.350. The summed E-state index contributed by atoms with van der Waals surface area (Å²) < 4.78 is 5.17. The van der Waals surface area contributed by atoms with Crippen LogP contribution in [0.4, 0.5) is 0 Å². The second kappa shape index (κ2) is 7.49. The minimum atomic E-state index is -0.115. The lowest BCUT2D eigenvalue weighted by Gasteiger charge is -2.14. The van der Waals surface area contributed by atoms with Crippen LogP contribution in [0.2, 0.25) is 0 Å². The third-order valence-electron chi connectivity index (χ3n) is 4.65. The van der Waals surface area contributed by atoms with Crippen molar-refractivity contribution in [2.45, 2.75) is 37.8 Å². The van der Waals surface area contributed by atoms with E-state index in [9.17, 15) is 9.90 Å². The molecular formula is C20H23NO3. The lowest BCUT2D eigenvalue weighted by Crippen LogP contribution is -2.35. The van der Waals surface area contributed by atoms with Crippen molar-refractivity contribution in [2.24, 2.45) is 0 Å². The first-order valence-electron chi connectivity index (χ1n) is 8.38. The summed E-state index contributed by atoms with van der Waals surface area (Å²) in [6.07, 6.45) is 3.89. The van der Waals surface area contributed by atoms with Gasteiger partial charge in [-0.2, -0.15) is 0 Å². The van der Waals surface area contributed by atoms with E-state index in [-0.39, 0.29) is 17.6 Å². The van der Waals surface area contributed by atoms with E-state index in [0.717, 1.165) is 31.4 Å². The number of aryl methyl sites for hydroxylation is 1. The number of methoxy groups -OCH3 is 1. The topological polar surface area (TPSA) is 58.6 Å². The Hall–Kier alpha value is -2.33. The number of nitrogens with one attached hydrogen (secondary N) is 1. The molecule has 24 heavy (non-hydrogen) atoms. The van der Waals surface area contributed by atoms with E-state index in [1.54, 1.807) is 31.4 Å². The van der Waals surface area contributed by atoms with E-state index in [2.05, 4.69) is 17.4 Å². The van der Waals surface area contributed by atoms with Crippen molar-refractivity contribution in [3.05, 3.63) is 59.7 Å². The van der Waals surface area contributed by atoms with Crippen LogP contribution in [0.5, 0.6) is 11.5 Å². The average Bonchev–Trinajstić information content (AvgIpc) is 3.09. The first-order chi connectivity index (χ1) is 11.7. The van der Waals surface area contributed by atoms with Crippen molar-refractivity contribution in [1.29, 1.82) is 0 Å². The van der Waals surface area contributed by atoms with Crippen LogP contribution in [-0.4, -0.2) is 30.1 Å². The molecule has 2 unspecified atom stereocenters. The van der Waals surface area contributed by atoms with Gasteiger partial charge in [-0.1, -0.05) is 12.1 Å². The molecule has 1 aliphatic heterocycles. The fourth-order valence-electron chi connectivity index (χ4n) is 3.21. The van der Waals surface area contributed by atoms with Crippen molar-refractivity contribution < 1.29 is 14.6 Å². The van der Waals surface area contributed by atoms with Crippen LogP contribution in [0.25, 0.3) is 0 Å². The van der Waals surface area contributed by atoms with Crippen LogP contribution in [-0.2, 0) is 6.42 Å². The molecule has 0 amide bonds. The number of benzene rings is 2. The van der Waals surface area contributed by atoms with Gasteiger partial charge in [0, 0.05) is 11.6 Å². The number of carbonyl (C=O) groups is 1. The Balaban J connectivity index is 1.51. The van der Waals surface area contributed by atoms with Crippen molar-refractivity contribution in [3.8, 4) is 11.5 Å². The van der Waals surface area contributed by atoms with Gasteiger partial charge < -0.3 is 15.2 Å². The monoisotopic (exact) mass is 325 g/mol. The summed E-state index contributed by atoms with van der Waals surface area (Å²) >= 11 is 0.